The zero-order chi connectivity index (χ0) is 15.4. The molecule has 0 bridgehead atoms. The fourth-order valence-electron chi connectivity index (χ4n) is 2.04. The molecule has 5 heteroatoms. The number of amides is 1. The number of hydrogen-bond acceptors (Lipinski definition) is 4. The summed E-state index contributed by atoms with van der Waals surface area (Å²) < 4.78 is 11.1. The van der Waals surface area contributed by atoms with Crippen LogP contribution in [0, 0.1) is 6.92 Å². The molecule has 1 aliphatic rings. The minimum Gasteiger partial charge on any atom is -0.485 e. The predicted molar refractivity (Wildman–Crippen MR) is 83.3 cm³/mol. The van der Waals surface area contributed by atoms with Crippen molar-refractivity contribution in [2.45, 2.75) is 13.0 Å². The number of aryl methyl sites for hydroxylation is 1. The van der Waals surface area contributed by atoms with Gasteiger partial charge in [0, 0.05) is 0 Å². The lowest BCUT2D eigenvalue weighted by molar-refractivity contribution is -0.130. The SMILES string of the molecule is Cc1ccc(/C=N/NC(=O)C2COc3ccccc3O2)cc1. The van der Waals surface area contributed by atoms with Crippen molar-refractivity contribution in [2.24, 2.45) is 5.10 Å². The highest BCUT2D eigenvalue weighted by atomic mass is 16.6. The molecule has 5 nitrogen and oxygen atoms in total. The van der Waals surface area contributed by atoms with Crippen molar-refractivity contribution in [3.05, 3.63) is 59.7 Å². The van der Waals surface area contributed by atoms with Crippen LogP contribution in [0.25, 0.3) is 0 Å². The third-order valence-electron chi connectivity index (χ3n) is 3.27. The summed E-state index contributed by atoms with van der Waals surface area (Å²) >= 11 is 0. The number of carbonyl (C=O) groups excluding carboxylic acids is 1. The molecule has 0 saturated heterocycles. The number of rotatable bonds is 3. The molecule has 1 atom stereocenters. The number of ether oxygens (including phenoxy) is 2. The Kier molecular flexibility index (Phi) is 4.05. The summed E-state index contributed by atoms with van der Waals surface area (Å²) in [6.07, 6.45) is 0.889. The van der Waals surface area contributed by atoms with Crippen molar-refractivity contribution in [1.29, 1.82) is 0 Å². The number of hydrogen-bond donors (Lipinski definition) is 1. The number of fused-ring (bicyclic) bond motifs is 1. The molecule has 1 heterocycles. The molecule has 1 aliphatic heterocycles. The zero-order valence-electron chi connectivity index (χ0n) is 12.2. The van der Waals surface area contributed by atoms with Crippen LogP contribution in [0.4, 0.5) is 0 Å². The Morgan fingerprint density at radius 3 is 2.68 bits per heavy atom. The van der Waals surface area contributed by atoms with Crippen molar-refractivity contribution in [3.8, 4) is 11.5 Å². The van der Waals surface area contributed by atoms with Gasteiger partial charge in [0.05, 0.1) is 6.21 Å². The molecule has 0 saturated carbocycles. The lowest BCUT2D eigenvalue weighted by atomic mass is 10.2. The van der Waals surface area contributed by atoms with E-state index in [1.54, 1.807) is 18.3 Å². The van der Waals surface area contributed by atoms with Crippen molar-refractivity contribution < 1.29 is 14.3 Å². The smallest absolute Gasteiger partial charge is 0.284 e. The first-order valence-corrected chi connectivity index (χ1v) is 7.00. The minimum absolute atomic E-state index is 0.170. The van der Waals surface area contributed by atoms with Crippen LogP contribution in [0.1, 0.15) is 11.1 Å². The normalized spacial score (nSPS) is 16.5. The summed E-state index contributed by atoms with van der Waals surface area (Å²) in [7, 11) is 0. The Labute approximate surface area is 128 Å². The van der Waals surface area contributed by atoms with Gasteiger partial charge in [-0.05, 0) is 24.6 Å². The Morgan fingerprint density at radius 1 is 1.18 bits per heavy atom. The Bertz CT molecular complexity index is 695. The van der Waals surface area contributed by atoms with Gasteiger partial charge in [0.15, 0.2) is 11.5 Å². The van der Waals surface area contributed by atoms with Crippen LogP contribution < -0.4 is 14.9 Å². The topological polar surface area (TPSA) is 59.9 Å². The Hall–Kier alpha value is -2.82. The molecule has 3 rings (SSSR count). The summed E-state index contributed by atoms with van der Waals surface area (Å²) in [5.74, 6) is 0.879. The molecule has 0 aliphatic carbocycles. The van der Waals surface area contributed by atoms with Crippen LogP contribution in [0.15, 0.2) is 53.6 Å². The highest BCUT2D eigenvalue weighted by Gasteiger charge is 2.26. The van der Waals surface area contributed by atoms with Gasteiger partial charge in [-0.3, -0.25) is 4.79 Å². The lowest BCUT2D eigenvalue weighted by Crippen LogP contribution is -2.42. The van der Waals surface area contributed by atoms with E-state index in [4.69, 9.17) is 9.47 Å². The Balaban J connectivity index is 1.58. The molecular formula is C17H16N2O3. The zero-order valence-corrected chi connectivity index (χ0v) is 12.2. The largest absolute Gasteiger partial charge is 0.485 e. The molecule has 1 unspecified atom stereocenters. The van der Waals surface area contributed by atoms with E-state index < -0.39 is 6.10 Å². The molecule has 22 heavy (non-hydrogen) atoms. The second-order valence-corrected chi connectivity index (χ2v) is 5.01. The van der Waals surface area contributed by atoms with Gasteiger partial charge in [-0.1, -0.05) is 42.0 Å². The van der Waals surface area contributed by atoms with Crippen LogP contribution in [-0.4, -0.2) is 24.8 Å². The van der Waals surface area contributed by atoms with Gasteiger partial charge in [0.1, 0.15) is 6.61 Å². The molecule has 0 spiro atoms. The van der Waals surface area contributed by atoms with Crippen molar-refractivity contribution in [1.82, 2.24) is 5.43 Å². The maximum atomic E-state index is 12.0. The van der Waals surface area contributed by atoms with E-state index in [-0.39, 0.29) is 12.5 Å². The molecule has 0 radical (unpaired) electrons. The van der Waals surface area contributed by atoms with E-state index in [9.17, 15) is 4.79 Å². The second-order valence-electron chi connectivity index (χ2n) is 5.01. The van der Waals surface area contributed by atoms with Crippen LogP contribution in [0.2, 0.25) is 0 Å². The molecule has 1 N–H and O–H groups in total. The van der Waals surface area contributed by atoms with E-state index in [0.717, 1.165) is 5.56 Å². The second kappa shape index (κ2) is 6.30. The van der Waals surface area contributed by atoms with Gasteiger partial charge in [0.2, 0.25) is 6.10 Å². The van der Waals surface area contributed by atoms with Crippen molar-refractivity contribution in [3.63, 3.8) is 0 Å². The molecule has 2 aromatic rings. The van der Waals surface area contributed by atoms with Gasteiger partial charge in [-0.2, -0.15) is 5.10 Å². The van der Waals surface area contributed by atoms with Crippen molar-refractivity contribution in [2.75, 3.05) is 6.61 Å². The fourth-order valence-corrected chi connectivity index (χ4v) is 2.04. The third kappa shape index (κ3) is 3.25. The van der Waals surface area contributed by atoms with Crippen LogP contribution >= 0.6 is 0 Å². The number of hydrazone groups is 1. The first kappa shape index (κ1) is 14.1. The molecule has 0 aromatic heterocycles. The summed E-state index contributed by atoms with van der Waals surface area (Å²) in [4.78, 5) is 12.0. The van der Waals surface area contributed by atoms with E-state index >= 15 is 0 Å². The van der Waals surface area contributed by atoms with E-state index in [2.05, 4.69) is 10.5 Å². The predicted octanol–water partition coefficient (Wildman–Crippen LogP) is 2.29. The fraction of sp³-hybridized carbons (Fsp3) is 0.176. The lowest BCUT2D eigenvalue weighted by Gasteiger charge is -2.24. The van der Waals surface area contributed by atoms with E-state index in [1.807, 2.05) is 43.3 Å². The van der Waals surface area contributed by atoms with Crippen LogP contribution in [0.5, 0.6) is 11.5 Å². The van der Waals surface area contributed by atoms with Gasteiger partial charge in [0.25, 0.3) is 5.91 Å². The number of carbonyl (C=O) groups is 1. The van der Waals surface area contributed by atoms with E-state index in [1.165, 1.54) is 5.56 Å². The standard InChI is InChI=1S/C17H16N2O3/c1-12-6-8-13(9-7-12)10-18-19-17(20)16-11-21-14-4-2-3-5-15(14)22-16/h2-10,16H,11H2,1H3,(H,19,20)/b18-10+. The summed E-state index contributed by atoms with van der Waals surface area (Å²) in [5.41, 5.74) is 4.56. The third-order valence-corrected chi connectivity index (χ3v) is 3.27. The van der Waals surface area contributed by atoms with Crippen molar-refractivity contribution >= 4 is 12.1 Å². The van der Waals surface area contributed by atoms with Crippen LogP contribution in [0.3, 0.4) is 0 Å². The number of nitrogens with one attached hydrogen (secondary N) is 1. The number of para-hydroxylation sites is 2. The van der Waals surface area contributed by atoms with E-state index in [0.29, 0.717) is 11.5 Å². The molecule has 1 amide bonds. The minimum atomic E-state index is -0.704. The quantitative estimate of drug-likeness (QED) is 0.698. The summed E-state index contributed by atoms with van der Waals surface area (Å²) in [6.45, 7) is 2.18. The highest BCUT2D eigenvalue weighted by molar-refractivity contribution is 5.84. The first-order chi connectivity index (χ1) is 10.7. The molecule has 2 aromatic carbocycles. The highest BCUT2D eigenvalue weighted by Crippen LogP contribution is 2.30. The Morgan fingerprint density at radius 2 is 1.91 bits per heavy atom. The van der Waals surface area contributed by atoms with Gasteiger partial charge in [-0.25, -0.2) is 5.43 Å². The maximum absolute atomic E-state index is 12.0. The van der Waals surface area contributed by atoms with Gasteiger partial charge < -0.3 is 9.47 Å². The monoisotopic (exact) mass is 296 g/mol. The molecule has 112 valence electrons. The number of nitrogens with zero attached hydrogens (tertiary/aromatic N) is 1. The number of benzene rings is 2. The average Bonchev–Trinajstić information content (AvgIpc) is 2.56. The summed E-state index contributed by atoms with van der Waals surface area (Å²) in [5, 5.41) is 3.94. The molecule has 0 fully saturated rings. The summed E-state index contributed by atoms with van der Waals surface area (Å²) in [6, 6.07) is 15.1. The molecular weight excluding hydrogens is 280 g/mol. The van der Waals surface area contributed by atoms with Gasteiger partial charge >= 0.3 is 0 Å². The van der Waals surface area contributed by atoms with Gasteiger partial charge in [-0.15, -0.1) is 0 Å². The first-order valence-electron chi connectivity index (χ1n) is 7.00. The average molecular weight is 296 g/mol. The maximum Gasteiger partial charge on any atom is 0.284 e. The van der Waals surface area contributed by atoms with Crippen LogP contribution in [-0.2, 0) is 4.79 Å².